The van der Waals surface area contributed by atoms with E-state index in [2.05, 4.69) is 57.4 Å². The van der Waals surface area contributed by atoms with E-state index in [1.165, 1.54) is 5.57 Å². The molecule has 2 heteroatoms. The first-order valence-electron chi connectivity index (χ1n) is 5.77. The fourth-order valence-electron chi connectivity index (χ4n) is 1.34. The van der Waals surface area contributed by atoms with E-state index in [1.54, 1.807) is 0 Å². The Morgan fingerprint density at radius 2 is 1.94 bits per heavy atom. The van der Waals surface area contributed by atoms with Crippen LogP contribution in [0.5, 0.6) is 0 Å². The number of likely N-dealkylation sites (N-methyl/N-ethyl adjacent to an activating group) is 1. The van der Waals surface area contributed by atoms with E-state index in [9.17, 15) is 0 Å². The first-order valence-corrected chi connectivity index (χ1v) is 5.77. The predicted octanol–water partition coefficient (Wildman–Crippen LogP) is 2.81. The van der Waals surface area contributed by atoms with Crippen molar-refractivity contribution in [3.63, 3.8) is 0 Å². The van der Waals surface area contributed by atoms with Crippen LogP contribution in [-0.4, -0.2) is 32.6 Å². The summed E-state index contributed by atoms with van der Waals surface area (Å²) < 4.78 is 0. The number of hydrogen-bond donors (Lipinski definition) is 1. The molecule has 1 N–H and O–H groups in total. The molecule has 1 unspecified atom stereocenters. The molecule has 0 aromatic carbocycles. The zero-order valence-electron chi connectivity index (χ0n) is 11.4. The lowest BCUT2D eigenvalue weighted by atomic mass is 9.96. The van der Waals surface area contributed by atoms with Crippen LogP contribution in [0.1, 0.15) is 20.3 Å². The summed E-state index contributed by atoms with van der Waals surface area (Å²) in [6.45, 7) is 13.4. The van der Waals surface area contributed by atoms with Crippen LogP contribution in [0.4, 0.5) is 0 Å². The summed E-state index contributed by atoms with van der Waals surface area (Å²) in [7, 11) is 6.08. The molecule has 0 bridgehead atoms. The summed E-state index contributed by atoms with van der Waals surface area (Å²) in [6, 6.07) is 0. The lowest BCUT2D eigenvalue weighted by Crippen LogP contribution is -2.16. The number of nitrogens with one attached hydrogen (secondary N) is 1. The van der Waals surface area contributed by atoms with Crippen LogP contribution >= 0.6 is 0 Å². The van der Waals surface area contributed by atoms with Crippen molar-refractivity contribution in [3.8, 4) is 0 Å². The zero-order valence-corrected chi connectivity index (χ0v) is 11.4. The monoisotopic (exact) mass is 222 g/mol. The molecule has 0 aromatic rings. The van der Waals surface area contributed by atoms with Crippen LogP contribution < -0.4 is 5.32 Å². The van der Waals surface area contributed by atoms with Gasteiger partial charge in [0.05, 0.1) is 0 Å². The van der Waals surface area contributed by atoms with Gasteiger partial charge in [0, 0.05) is 12.7 Å². The third-order valence-corrected chi connectivity index (χ3v) is 2.82. The molecule has 0 heterocycles. The average molecular weight is 222 g/mol. The van der Waals surface area contributed by atoms with Crippen molar-refractivity contribution < 1.29 is 0 Å². The molecule has 0 aliphatic carbocycles. The van der Waals surface area contributed by atoms with E-state index in [4.69, 9.17) is 0 Å². The number of nitrogens with zero attached hydrogens (tertiary/aromatic N) is 1. The maximum Gasteiger partial charge on any atom is 0.0294 e. The van der Waals surface area contributed by atoms with Crippen LogP contribution in [-0.2, 0) is 0 Å². The fraction of sp³-hybridized carbons (Fsp3) is 0.571. The van der Waals surface area contributed by atoms with Crippen LogP contribution in [0.15, 0.2) is 36.1 Å². The van der Waals surface area contributed by atoms with Gasteiger partial charge in [0.2, 0.25) is 0 Å². The number of rotatable bonds is 7. The summed E-state index contributed by atoms with van der Waals surface area (Å²) >= 11 is 0. The summed E-state index contributed by atoms with van der Waals surface area (Å²) in [5.41, 5.74) is 3.29. The molecule has 0 saturated carbocycles. The highest BCUT2D eigenvalue weighted by molar-refractivity contribution is 5.32. The van der Waals surface area contributed by atoms with Crippen molar-refractivity contribution in [2.45, 2.75) is 20.3 Å². The standard InChI is InChI=1S/C14H26N2/c1-11(8-9-16(6)7)12(2)10-13(3)14(4)15-5/h10-11,15H,2,4,8-9H2,1,3,5-7H3/b13-10-. The first-order chi connectivity index (χ1) is 7.38. The molecular weight excluding hydrogens is 196 g/mol. The van der Waals surface area contributed by atoms with Crippen LogP contribution in [0.3, 0.4) is 0 Å². The van der Waals surface area contributed by atoms with Gasteiger partial charge in [0.25, 0.3) is 0 Å². The fourth-order valence-corrected chi connectivity index (χ4v) is 1.34. The Bertz CT molecular complexity index is 274. The molecule has 0 spiro atoms. The highest BCUT2D eigenvalue weighted by Crippen LogP contribution is 2.17. The van der Waals surface area contributed by atoms with Gasteiger partial charge < -0.3 is 10.2 Å². The van der Waals surface area contributed by atoms with Gasteiger partial charge in [-0.3, -0.25) is 0 Å². The van der Waals surface area contributed by atoms with Crippen molar-refractivity contribution in [2.24, 2.45) is 5.92 Å². The zero-order chi connectivity index (χ0) is 12.7. The quantitative estimate of drug-likeness (QED) is 0.666. The van der Waals surface area contributed by atoms with Crippen LogP contribution in [0, 0.1) is 5.92 Å². The van der Waals surface area contributed by atoms with E-state index in [0.29, 0.717) is 5.92 Å². The van der Waals surface area contributed by atoms with Gasteiger partial charge in [-0.1, -0.05) is 31.7 Å². The van der Waals surface area contributed by atoms with Gasteiger partial charge in [0.15, 0.2) is 0 Å². The Morgan fingerprint density at radius 3 is 2.38 bits per heavy atom. The van der Waals surface area contributed by atoms with Crippen molar-refractivity contribution in [3.05, 3.63) is 36.1 Å². The summed E-state index contributed by atoms with van der Waals surface area (Å²) in [4.78, 5) is 2.20. The van der Waals surface area contributed by atoms with E-state index in [1.807, 2.05) is 7.05 Å². The van der Waals surface area contributed by atoms with E-state index >= 15 is 0 Å². The number of hydrogen-bond acceptors (Lipinski definition) is 2. The molecule has 0 radical (unpaired) electrons. The average Bonchev–Trinajstić information content (AvgIpc) is 2.24. The Kier molecular flexibility index (Phi) is 6.82. The van der Waals surface area contributed by atoms with Crippen molar-refractivity contribution in [1.29, 1.82) is 0 Å². The Labute approximate surface area is 101 Å². The molecule has 0 aliphatic heterocycles. The second-order valence-corrected chi connectivity index (χ2v) is 4.62. The van der Waals surface area contributed by atoms with Crippen molar-refractivity contribution in [1.82, 2.24) is 10.2 Å². The Hall–Kier alpha value is -1.02. The van der Waals surface area contributed by atoms with Gasteiger partial charge in [-0.2, -0.15) is 0 Å². The molecule has 92 valence electrons. The molecule has 0 amide bonds. The lowest BCUT2D eigenvalue weighted by molar-refractivity contribution is 0.377. The lowest BCUT2D eigenvalue weighted by Gasteiger charge is -2.16. The van der Waals surface area contributed by atoms with Gasteiger partial charge in [-0.25, -0.2) is 0 Å². The molecule has 0 aromatic heterocycles. The molecular formula is C14H26N2. The maximum absolute atomic E-state index is 4.13. The molecule has 1 atom stereocenters. The minimum absolute atomic E-state index is 0.516. The van der Waals surface area contributed by atoms with Crippen molar-refractivity contribution >= 4 is 0 Å². The summed E-state index contributed by atoms with van der Waals surface area (Å²) in [5.74, 6) is 0.516. The highest BCUT2D eigenvalue weighted by atomic mass is 15.0. The van der Waals surface area contributed by atoms with Gasteiger partial charge in [-0.15, -0.1) is 0 Å². The Balaban J connectivity index is 4.29. The van der Waals surface area contributed by atoms with Gasteiger partial charge in [-0.05, 0) is 45.5 Å². The van der Waals surface area contributed by atoms with E-state index < -0.39 is 0 Å². The third kappa shape index (κ3) is 5.76. The minimum Gasteiger partial charge on any atom is -0.388 e. The van der Waals surface area contributed by atoms with Crippen LogP contribution in [0.25, 0.3) is 0 Å². The highest BCUT2D eigenvalue weighted by Gasteiger charge is 2.06. The normalized spacial score (nSPS) is 13.8. The number of allylic oxidation sites excluding steroid dienone is 3. The molecule has 0 fully saturated rings. The molecule has 16 heavy (non-hydrogen) atoms. The molecule has 0 saturated heterocycles. The largest absolute Gasteiger partial charge is 0.388 e. The molecule has 2 nitrogen and oxygen atoms in total. The molecule has 0 rings (SSSR count). The second kappa shape index (κ2) is 7.29. The summed E-state index contributed by atoms with van der Waals surface area (Å²) in [5, 5.41) is 3.05. The first kappa shape index (κ1) is 15.0. The maximum atomic E-state index is 4.13. The molecule has 0 aliphatic rings. The smallest absolute Gasteiger partial charge is 0.0294 e. The van der Waals surface area contributed by atoms with E-state index in [-0.39, 0.29) is 0 Å². The minimum atomic E-state index is 0.516. The van der Waals surface area contributed by atoms with Gasteiger partial charge in [0.1, 0.15) is 0 Å². The van der Waals surface area contributed by atoms with Crippen LogP contribution in [0.2, 0.25) is 0 Å². The van der Waals surface area contributed by atoms with Gasteiger partial charge >= 0.3 is 0 Å². The summed E-state index contributed by atoms with van der Waals surface area (Å²) in [6.07, 6.45) is 3.26. The topological polar surface area (TPSA) is 15.3 Å². The van der Waals surface area contributed by atoms with E-state index in [0.717, 1.165) is 24.2 Å². The predicted molar refractivity (Wildman–Crippen MR) is 73.4 cm³/mol. The Morgan fingerprint density at radius 1 is 1.38 bits per heavy atom. The second-order valence-electron chi connectivity index (χ2n) is 4.62. The SMILES string of the molecule is C=C(NC)/C(C)=C\C(=C)C(C)CCN(C)C. The van der Waals surface area contributed by atoms with Crippen molar-refractivity contribution in [2.75, 3.05) is 27.7 Å². The third-order valence-electron chi connectivity index (χ3n) is 2.82.